The zero-order valence-corrected chi connectivity index (χ0v) is 11.0. The highest BCUT2D eigenvalue weighted by molar-refractivity contribution is 5.46. The molecule has 0 bridgehead atoms. The van der Waals surface area contributed by atoms with Gasteiger partial charge in [-0.3, -0.25) is 0 Å². The maximum absolute atomic E-state index is 12.1. The lowest BCUT2D eigenvalue weighted by molar-refractivity contribution is -0.132. The molecule has 1 aliphatic rings. The van der Waals surface area contributed by atoms with Crippen molar-refractivity contribution in [2.24, 2.45) is 0 Å². The molecule has 2 nitrogen and oxygen atoms in total. The van der Waals surface area contributed by atoms with Crippen LogP contribution in [0.5, 0.6) is 0 Å². The van der Waals surface area contributed by atoms with Crippen LogP contribution in [0.1, 0.15) is 24.8 Å². The van der Waals surface area contributed by atoms with Crippen LogP contribution in [-0.4, -0.2) is 25.8 Å². The fourth-order valence-electron chi connectivity index (χ4n) is 1.84. The molecule has 0 spiro atoms. The van der Waals surface area contributed by atoms with E-state index in [2.05, 4.69) is 5.32 Å². The van der Waals surface area contributed by atoms with Gasteiger partial charge in [-0.05, 0) is 30.5 Å². The second kappa shape index (κ2) is 5.82. The number of benzene rings is 1. The van der Waals surface area contributed by atoms with Crippen LogP contribution in [0.3, 0.4) is 0 Å². The second-order valence-electron chi connectivity index (χ2n) is 5.11. The molecular formula is C14H19F3N2. The molecule has 106 valence electrons. The molecule has 0 atom stereocenters. The van der Waals surface area contributed by atoms with Crippen molar-refractivity contribution >= 4 is 5.69 Å². The van der Waals surface area contributed by atoms with Gasteiger partial charge in [0.2, 0.25) is 0 Å². The molecular weight excluding hydrogens is 253 g/mol. The fourth-order valence-corrected chi connectivity index (χ4v) is 1.84. The summed E-state index contributed by atoms with van der Waals surface area (Å²) in [5.74, 6) is 0. The van der Waals surface area contributed by atoms with Crippen molar-refractivity contribution in [1.29, 1.82) is 0 Å². The van der Waals surface area contributed by atoms with Gasteiger partial charge in [0.1, 0.15) is 0 Å². The summed E-state index contributed by atoms with van der Waals surface area (Å²) in [6.07, 6.45) is -2.38. The van der Waals surface area contributed by atoms with E-state index in [-0.39, 0.29) is 6.54 Å². The molecule has 0 radical (unpaired) electrons. The Morgan fingerprint density at radius 2 is 1.84 bits per heavy atom. The van der Waals surface area contributed by atoms with Gasteiger partial charge in [-0.2, -0.15) is 13.2 Å². The van der Waals surface area contributed by atoms with E-state index < -0.39 is 12.6 Å². The molecule has 1 N–H and O–H groups in total. The first-order chi connectivity index (χ1) is 8.94. The van der Waals surface area contributed by atoms with Crippen LogP contribution in [0.15, 0.2) is 24.3 Å². The van der Waals surface area contributed by atoms with Crippen molar-refractivity contribution in [3.63, 3.8) is 0 Å². The molecule has 0 amide bonds. The highest BCUT2D eigenvalue weighted by atomic mass is 19.4. The summed E-state index contributed by atoms with van der Waals surface area (Å²) in [6.45, 7) is 0.820. The van der Waals surface area contributed by atoms with E-state index in [0.717, 1.165) is 12.2 Å². The van der Waals surface area contributed by atoms with Gasteiger partial charge in [-0.15, -0.1) is 0 Å². The topological polar surface area (TPSA) is 15.3 Å². The summed E-state index contributed by atoms with van der Waals surface area (Å²) >= 11 is 0. The van der Waals surface area contributed by atoms with Crippen molar-refractivity contribution in [3.8, 4) is 0 Å². The van der Waals surface area contributed by atoms with E-state index in [4.69, 9.17) is 0 Å². The third-order valence-corrected chi connectivity index (χ3v) is 3.28. The Kier molecular flexibility index (Phi) is 4.34. The molecule has 1 saturated carbocycles. The van der Waals surface area contributed by atoms with E-state index in [9.17, 15) is 13.2 Å². The standard InChI is InChI=1S/C14H19F3N2/c1-19(9-8-14(15,16)17)13-6-2-11(3-7-13)10-18-12-4-5-12/h2-3,6-7,12,18H,4-5,8-10H2,1H3. The van der Waals surface area contributed by atoms with E-state index in [1.54, 1.807) is 11.9 Å². The molecule has 2 rings (SSSR count). The zero-order valence-electron chi connectivity index (χ0n) is 11.0. The Hall–Kier alpha value is -1.23. The molecule has 0 saturated heterocycles. The Labute approximate surface area is 111 Å². The van der Waals surface area contributed by atoms with Crippen molar-refractivity contribution < 1.29 is 13.2 Å². The Morgan fingerprint density at radius 3 is 2.37 bits per heavy atom. The van der Waals surface area contributed by atoms with Crippen molar-refractivity contribution in [2.45, 2.75) is 38.0 Å². The monoisotopic (exact) mass is 272 g/mol. The largest absolute Gasteiger partial charge is 0.390 e. The van der Waals surface area contributed by atoms with Gasteiger partial charge >= 0.3 is 6.18 Å². The second-order valence-corrected chi connectivity index (χ2v) is 5.11. The van der Waals surface area contributed by atoms with Gasteiger partial charge < -0.3 is 10.2 Å². The molecule has 0 aliphatic heterocycles. The Bertz CT molecular complexity index is 396. The minimum atomic E-state index is -4.09. The highest BCUT2D eigenvalue weighted by Gasteiger charge is 2.27. The Morgan fingerprint density at radius 1 is 1.21 bits per heavy atom. The lowest BCUT2D eigenvalue weighted by Gasteiger charge is -2.20. The van der Waals surface area contributed by atoms with E-state index in [0.29, 0.717) is 6.04 Å². The van der Waals surface area contributed by atoms with Gasteiger partial charge in [-0.1, -0.05) is 12.1 Å². The van der Waals surface area contributed by atoms with Crippen molar-refractivity contribution in [1.82, 2.24) is 5.32 Å². The van der Waals surface area contributed by atoms with Crippen LogP contribution in [0.4, 0.5) is 18.9 Å². The van der Waals surface area contributed by atoms with Crippen LogP contribution < -0.4 is 10.2 Å². The van der Waals surface area contributed by atoms with E-state index >= 15 is 0 Å². The minimum absolute atomic E-state index is 0.0107. The van der Waals surface area contributed by atoms with Crippen LogP contribution in [-0.2, 0) is 6.54 Å². The SMILES string of the molecule is CN(CCC(F)(F)F)c1ccc(CNC2CC2)cc1. The van der Waals surface area contributed by atoms with Crippen molar-refractivity contribution in [2.75, 3.05) is 18.5 Å². The fraction of sp³-hybridized carbons (Fsp3) is 0.571. The third-order valence-electron chi connectivity index (χ3n) is 3.28. The highest BCUT2D eigenvalue weighted by Crippen LogP contribution is 2.22. The first kappa shape index (κ1) is 14.2. The molecule has 5 heteroatoms. The number of rotatable bonds is 6. The summed E-state index contributed by atoms with van der Waals surface area (Å²) in [4.78, 5) is 1.63. The molecule has 0 unspecified atom stereocenters. The van der Waals surface area contributed by atoms with Gasteiger partial charge in [0, 0.05) is 31.9 Å². The molecule has 1 aliphatic carbocycles. The molecule has 0 aromatic heterocycles. The molecule has 1 aromatic rings. The quantitative estimate of drug-likeness (QED) is 0.854. The van der Waals surface area contributed by atoms with Gasteiger partial charge in [0.15, 0.2) is 0 Å². The maximum atomic E-state index is 12.1. The number of hydrogen-bond acceptors (Lipinski definition) is 2. The van der Waals surface area contributed by atoms with Crippen LogP contribution >= 0.6 is 0 Å². The number of nitrogens with zero attached hydrogens (tertiary/aromatic N) is 1. The summed E-state index contributed by atoms with van der Waals surface area (Å²) in [6, 6.07) is 8.35. The molecule has 1 aromatic carbocycles. The van der Waals surface area contributed by atoms with Gasteiger partial charge in [-0.25, -0.2) is 0 Å². The van der Waals surface area contributed by atoms with Gasteiger partial charge in [0.05, 0.1) is 6.42 Å². The number of halogens is 3. The van der Waals surface area contributed by atoms with Crippen molar-refractivity contribution in [3.05, 3.63) is 29.8 Å². The number of hydrogen-bond donors (Lipinski definition) is 1. The van der Waals surface area contributed by atoms with Gasteiger partial charge in [0.25, 0.3) is 0 Å². The summed E-state index contributed by atoms with van der Waals surface area (Å²) < 4.78 is 36.4. The third kappa shape index (κ3) is 5.11. The molecule has 0 heterocycles. The normalized spacial score (nSPS) is 15.6. The van der Waals surface area contributed by atoms with Crippen LogP contribution in [0.25, 0.3) is 0 Å². The summed E-state index contributed by atoms with van der Waals surface area (Å²) in [5, 5.41) is 3.40. The van der Waals surface area contributed by atoms with Crippen LogP contribution in [0.2, 0.25) is 0 Å². The van der Waals surface area contributed by atoms with Crippen LogP contribution in [0, 0.1) is 0 Å². The lowest BCUT2D eigenvalue weighted by Crippen LogP contribution is -2.24. The summed E-state index contributed by atoms with van der Waals surface area (Å²) in [7, 11) is 1.68. The lowest BCUT2D eigenvalue weighted by atomic mass is 10.2. The zero-order chi connectivity index (χ0) is 13.9. The Balaban J connectivity index is 1.82. The first-order valence-electron chi connectivity index (χ1n) is 6.54. The molecule has 1 fully saturated rings. The molecule has 19 heavy (non-hydrogen) atoms. The van der Waals surface area contributed by atoms with E-state index in [1.807, 2.05) is 24.3 Å². The smallest absolute Gasteiger partial charge is 0.374 e. The number of alkyl halides is 3. The maximum Gasteiger partial charge on any atom is 0.390 e. The van der Waals surface area contributed by atoms with E-state index in [1.165, 1.54) is 18.4 Å². The summed E-state index contributed by atoms with van der Waals surface area (Å²) in [5.41, 5.74) is 1.99. The average molecular weight is 272 g/mol. The number of anilines is 1. The predicted octanol–water partition coefficient (Wildman–Crippen LogP) is 3.33. The first-order valence-corrected chi connectivity index (χ1v) is 6.54. The predicted molar refractivity (Wildman–Crippen MR) is 70.2 cm³/mol. The number of nitrogens with one attached hydrogen (secondary N) is 1. The minimum Gasteiger partial charge on any atom is -0.374 e. The average Bonchev–Trinajstić information content (AvgIpc) is 3.17.